The molecule has 1 unspecified atom stereocenters. The number of likely N-dealkylation sites (tertiary alicyclic amines) is 1. The number of hydrogen-bond acceptors (Lipinski definition) is 2. The monoisotopic (exact) mass is 184 g/mol. The molecule has 2 heteroatoms. The molecule has 2 nitrogen and oxygen atoms in total. The lowest BCUT2D eigenvalue weighted by Crippen LogP contribution is -2.36. The molecule has 1 fully saturated rings. The minimum Gasteiger partial charge on any atom is -0.330 e. The highest BCUT2D eigenvalue weighted by Gasteiger charge is 2.16. The van der Waals surface area contributed by atoms with Gasteiger partial charge in [0.25, 0.3) is 0 Å². The summed E-state index contributed by atoms with van der Waals surface area (Å²) >= 11 is 0. The maximum atomic E-state index is 5.54. The second kappa shape index (κ2) is 5.61. The lowest BCUT2D eigenvalue weighted by molar-refractivity contribution is 0.169. The Balaban J connectivity index is 2.14. The fourth-order valence-electron chi connectivity index (χ4n) is 2.06. The standard InChI is InChI=1S/C11H24N2/c1-10-4-7-13(8-5-10)9-11(2)3-6-12/h10-11H,3-9,12H2,1-2H3. The van der Waals surface area contributed by atoms with Crippen LogP contribution in [0.25, 0.3) is 0 Å². The number of nitrogens with two attached hydrogens (primary N) is 1. The third-order valence-corrected chi connectivity index (χ3v) is 3.11. The molecule has 0 aliphatic carbocycles. The summed E-state index contributed by atoms with van der Waals surface area (Å²) in [6, 6.07) is 0. The van der Waals surface area contributed by atoms with Gasteiger partial charge >= 0.3 is 0 Å². The van der Waals surface area contributed by atoms with E-state index in [1.165, 1.54) is 38.9 Å². The van der Waals surface area contributed by atoms with Crippen molar-refractivity contribution in [2.75, 3.05) is 26.2 Å². The van der Waals surface area contributed by atoms with Crippen molar-refractivity contribution < 1.29 is 0 Å². The molecular weight excluding hydrogens is 160 g/mol. The molecule has 1 rings (SSSR count). The van der Waals surface area contributed by atoms with Crippen LogP contribution in [0.4, 0.5) is 0 Å². The molecule has 0 radical (unpaired) electrons. The first-order chi connectivity index (χ1) is 6.22. The van der Waals surface area contributed by atoms with Crippen molar-refractivity contribution in [3.05, 3.63) is 0 Å². The van der Waals surface area contributed by atoms with Crippen LogP contribution in [0.5, 0.6) is 0 Å². The summed E-state index contributed by atoms with van der Waals surface area (Å²) in [4.78, 5) is 2.60. The Morgan fingerprint density at radius 2 is 2.00 bits per heavy atom. The molecule has 0 saturated carbocycles. The van der Waals surface area contributed by atoms with E-state index in [1.54, 1.807) is 0 Å². The van der Waals surface area contributed by atoms with Gasteiger partial charge in [-0.25, -0.2) is 0 Å². The lowest BCUT2D eigenvalue weighted by atomic mass is 9.98. The summed E-state index contributed by atoms with van der Waals surface area (Å²) in [5.74, 6) is 1.72. The Bertz CT molecular complexity index is 128. The van der Waals surface area contributed by atoms with E-state index in [4.69, 9.17) is 5.73 Å². The van der Waals surface area contributed by atoms with Crippen molar-refractivity contribution in [3.8, 4) is 0 Å². The van der Waals surface area contributed by atoms with Gasteiger partial charge in [0, 0.05) is 6.54 Å². The van der Waals surface area contributed by atoms with E-state index < -0.39 is 0 Å². The zero-order valence-electron chi connectivity index (χ0n) is 9.13. The predicted molar refractivity (Wildman–Crippen MR) is 57.7 cm³/mol. The summed E-state index contributed by atoms with van der Waals surface area (Å²) < 4.78 is 0. The molecule has 0 aromatic rings. The van der Waals surface area contributed by atoms with Crippen LogP contribution < -0.4 is 5.73 Å². The van der Waals surface area contributed by atoms with E-state index in [0.717, 1.165) is 18.4 Å². The molecule has 1 aliphatic heterocycles. The summed E-state index contributed by atoms with van der Waals surface area (Å²) in [5, 5.41) is 0. The molecule has 1 atom stereocenters. The van der Waals surface area contributed by atoms with Crippen LogP contribution in [-0.2, 0) is 0 Å². The molecule has 0 aromatic heterocycles. The second-order valence-corrected chi connectivity index (χ2v) is 4.67. The van der Waals surface area contributed by atoms with E-state index in [0.29, 0.717) is 0 Å². The highest BCUT2D eigenvalue weighted by molar-refractivity contribution is 4.71. The van der Waals surface area contributed by atoms with Crippen molar-refractivity contribution in [2.24, 2.45) is 17.6 Å². The van der Waals surface area contributed by atoms with Gasteiger partial charge in [0.15, 0.2) is 0 Å². The van der Waals surface area contributed by atoms with Crippen LogP contribution >= 0.6 is 0 Å². The number of hydrogen-bond donors (Lipinski definition) is 1. The van der Waals surface area contributed by atoms with Crippen molar-refractivity contribution in [3.63, 3.8) is 0 Å². The second-order valence-electron chi connectivity index (χ2n) is 4.67. The minimum atomic E-state index is 0.776. The van der Waals surface area contributed by atoms with Crippen LogP contribution in [0.3, 0.4) is 0 Å². The van der Waals surface area contributed by atoms with Gasteiger partial charge < -0.3 is 10.6 Å². The van der Waals surface area contributed by atoms with E-state index in [1.807, 2.05) is 0 Å². The summed E-state index contributed by atoms with van der Waals surface area (Å²) in [6.07, 6.45) is 3.94. The quantitative estimate of drug-likeness (QED) is 0.720. The van der Waals surface area contributed by atoms with Crippen LogP contribution in [0.2, 0.25) is 0 Å². The maximum Gasteiger partial charge on any atom is 0.000749 e. The van der Waals surface area contributed by atoms with E-state index in [9.17, 15) is 0 Å². The van der Waals surface area contributed by atoms with Crippen LogP contribution in [0.15, 0.2) is 0 Å². The molecule has 2 N–H and O–H groups in total. The average Bonchev–Trinajstić information content (AvgIpc) is 2.09. The molecular formula is C11H24N2. The van der Waals surface area contributed by atoms with Crippen LogP contribution in [-0.4, -0.2) is 31.1 Å². The molecule has 0 amide bonds. The Labute approximate surface area is 82.5 Å². The molecule has 13 heavy (non-hydrogen) atoms. The average molecular weight is 184 g/mol. The van der Waals surface area contributed by atoms with E-state index in [-0.39, 0.29) is 0 Å². The molecule has 78 valence electrons. The van der Waals surface area contributed by atoms with Crippen LogP contribution in [0.1, 0.15) is 33.1 Å². The Morgan fingerprint density at radius 1 is 1.38 bits per heavy atom. The highest BCUT2D eigenvalue weighted by atomic mass is 15.1. The molecule has 0 aromatic carbocycles. The Hall–Kier alpha value is -0.0800. The first-order valence-electron chi connectivity index (χ1n) is 5.64. The van der Waals surface area contributed by atoms with Gasteiger partial charge in [-0.1, -0.05) is 13.8 Å². The van der Waals surface area contributed by atoms with Gasteiger partial charge in [0.1, 0.15) is 0 Å². The Morgan fingerprint density at radius 3 is 2.54 bits per heavy atom. The van der Waals surface area contributed by atoms with Gasteiger partial charge in [0.05, 0.1) is 0 Å². The fraction of sp³-hybridized carbons (Fsp3) is 1.00. The van der Waals surface area contributed by atoms with Crippen molar-refractivity contribution in [1.29, 1.82) is 0 Å². The van der Waals surface area contributed by atoms with E-state index >= 15 is 0 Å². The summed E-state index contributed by atoms with van der Waals surface area (Å²) in [5.41, 5.74) is 5.54. The van der Waals surface area contributed by atoms with Gasteiger partial charge in [0.2, 0.25) is 0 Å². The molecule has 0 spiro atoms. The third kappa shape index (κ3) is 4.10. The Kier molecular flexibility index (Phi) is 4.74. The number of nitrogens with zero attached hydrogens (tertiary/aromatic N) is 1. The van der Waals surface area contributed by atoms with Crippen molar-refractivity contribution in [1.82, 2.24) is 4.90 Å². The molecule has 0 bridgehead atoms. The molecule has 1 aliphatic rings. The minimum absolute atomic E-state index is 0.776. The maximum absolute atomic E-state index is 5.54. The fourth-order valence-corrected chi connectivity index (χ4v) is 2.06. The van der Waals surface area contributed by atoms with Crippen LogP contribution in [0, 0.1) is 11.8 Å². The SMILES string of the molecule is CC1CCN(CC(C)CCN)CC1. The smallest absolute Gasteiger partial charge is 0.000749 e. The normalized spacial score (nSPS) is 23.3. The van der Waals surface area contributed by atoms with Gasteiger partial charge in [-0.05, 0) is 50.7 Å². The summed E-state index contributed by atoms with van der Waals surface area (Å²) in [7, 11) is 0. The van der Waals surface area contributed by atoms with Crippen molar-refractivity contribution >= 4 is 0 Å². The zero-order valence-corrected chi connectivity index (χ0v) is 9.13. The first kappa shape index (κ1) is 11.0. The zero-order chi connectivity index (χ0) is 9.68. The molecule has 1 heterocycles. The molecule has 1 saturated heterocycles. The number of rotatable bonds is 4. The van der Waals surface area contributed by atoms with Gasteiger partial charge in [-0.3, -0.25) is 0 Å². The van der Waals surface area contributed by atoms with Crippen molar-refractivity contribution in [2.45, 2.75) is 33.1 Å². The van der Waals surface area contributed by atoms with E-state index in [2.05, 4.69) is 18.7 Å². The van der Waals surface area contributed by atoms with Gasteiger partial charge in [-0.2, -0.15) is 0 Å². The van der Waals surface area contributed by atoms with Gasteiger partial charge in [-0.15, -0.1) is 0 Å². The summed E-state index contributed by atoms with van der Waals surface area (Å²) in [6.45, 7) is 9.37. The highest BCUT2D eigenvalue weighted by Crippen LogP contribution is 2.17. The number of piperidine rings is 1. The predicted octanol–water partition coefficient (Wildman–Crippen LogP) is 1.70. The topological polar surface area (TPSA) is 29.3 Å². The third-order valence-electron chi connectivity index (χ3n) is 3.11. The lowest BCUT2D eigenvalue weighted by Gasteiger charge is -2.32. The first-order valence-corrected chi connectivity index (χ1v) is 5.64. The largest absolute Gasteiger partial charge is 0.330 e.